The van der Waals surface area contributed by atoms with E-state index in [2.05, 4.69) is 308 Å². The Kier molecular flexibility index (Phi) is 11.9. The number of nitrogens with zero attached hydrogens (tertiary/aromatic N) is 2. The van der Waals surface area contributed by atoms with Crippen molar-refractivity contribution < 1.29 is 8.81 Å². The smallest absolute Gasteiger partial charge is 0.145 e. The van der Waals surface area contributed by atoms with Crippen LogP contribution in [0.15, 0.2) is 320 Å². The quantitative estimate of drug-likeness (QED) is 0.136. The second-order valence-electron chi connectivity index (χ2n) is 23.2. The minimum absolute atomic E-state index is 0.299. The summed E-state index contributed by atoms with van der Waals surface area (Å²) in [4.78, 5) is 4.86. The average molecular weight is 1130 g/mol. The molecule has 0 atom stereocenters. The fourth-order valence-electron chi connectivity index (χ4n) is 14.5. The van der Waals surface area contributed by atoms with Crippen molar-refractivity contribution in [2.24, 2.45) is 0 Å². The third kappa shape index (κ3) is 7.89. The van der Waals surface area contributed by atoms with Crippen LogP contribution in [-0.2, 0) is 5.41 Å². The lowest BCUT2D eigenvalue weighted by molar-refractivity contribution is 0.628. The summed E-state index contributed by atoms with van der Waals surface area (Å²) in [6.07, 6.45) is 0. The van der Waals surface area contributed by atoms with Gasteiger partial charge >= 0.3 is 0 Å². The molecule has 2 aliphatic carbocycles. The fraction of sp³-hybridized carbons (Fsp3) is 0.0238. The van der Waals surface area contributed by atoms with Crippen molar-refractivity contribution in [3.63, 3.8) is 0 Å². The van der Waals surface area contributed by atoms with Crippen LogP contribution in [-0.4, -0.2) is 0 Å². The predicted octanol–water partition coefficient (Wildman–Crippen LogP) is 23.1. The van der Waals surface area contributed by atoms with E-state index in [1.807, 2.05) is 12.1 Å². The van der Waals surface area contributed by atoms with Gasteiger partial charge in [-0.05, 0) is 163 Å². The van der Waals surface area contributed by atoms with E-state index >= 15 is 4.39 Å². The molecule has 414 valence electrons. The van der Waals surface area contributed by atoms with E-state index in [-0.39, 0.29) is 5.82 Å². The molecule has 1 spiro atoms. The molecule has 0 radical (unpaired) electrons. The van der Waals surface area contributed by atoms with Crippen LogP contribution >= 0.6 is 0 Å². The molecule has 17 rings (SSSR count). The van der Waals surface area contributed by atoms with Gasteiger partial charge in [0.25, 0.3) is 0 Å². The van der Waals surface area contributed by atoms with Gasteiger partial charge in [-0.25, -0.2) is 4.39 Å². The molecule has 1 heterocycles. The normalized spacial score (nSPS) is 12.5. The maximum Gasteiger partial charge on any atom is 0.145 e. The Bertz CT molecular complexity index is 5170. The third-order valence-corrected chi connectivity index (χ3v) is 18.4. The van der Waals surface area contributed by atoms with E-state index in [1.165, 1.54) is 27.8 Å². The lowest BCUT2D eigenvalue weighted by atomic mass is 9.70. The summed E-state index contributed by atoms with van der Waals surface area (Å²) in [7, 11) is 0. The highest BCUT2D eigenvalue weighted by Gasteiger charge is 2.54. The van der Waals surface area contributed by atoms with Gasteiger partial charge in [-0.3, -0.25) is 0 Å². The first-order valence-electron chi connectivity index (χ1n) is 30.2. The highest BCUT2D eigenvalue weighted by molar-refractivity contribution is 6.23. The van der Waals surface area contributed by atoms with E-state index in [1.54, 1.807) is 12.1 Å². The fourth-order valence-corrected chi connectivity index (χ4v) is 14.5. The number of furan rings is 1. The molecule has 88 heavy (non-hydrogen) atoms. The van der Waals surface area contributed by atoms with Gasteiger partial charge in [0.05, 0.1) is 33.6 Å². The van der Waals surface area contributed by atoms with Gasteiger partial charge in [-0.2, -0.15) is 0 Å². The molecule has 0 amide bonds. The van der Waals surface area contributed by atoms with E-state index in [4.69, 9.17) is 4.42 Å². The predicted molar refractivity (Wildman–Crippen MR) is 363 cm³/mol. The minimum Gasteiger partial charge on any atom is -0.455 e. The molecule has 0 aliphatic heterocycles. The summed E-state index contributed by atoms with van der Waals surface area (Å²) in [6, 6.07) is 113. The van der Waals surface area contributed by atoms with E-state index < -0.39 is 5.41 Å². The standard InChI is InChI=1S/C84H55FN2O/c1-54-38-44-62(45-39-54)87(76-49-41-60(56-24-8-3-9-25-56)51-70(76)58-28-12-5-13-29-58)78-53-74-82(83-81(78)68-34-18-21-37-79(68)88-83)80-67-33-15-14-32-66(67)77(52-73(80)84(74)71-35-19-16-30-64(71)65-31-17-20-36-72(65)84)86(63-46-42-61(85)43-47-63)75-48-40-59(55-22-6-2-7-23-55)50-69(75)57-26-10-4-11-27-57/h2-53H,1H3. The van der Waals surface area contributed by atoms with Crippen LogP contribution in [0.1, 0.15) is 27.8 Å². The summed E-state index contributed by atoms with van der Waals surface area (Å²) in [5.41, 5.74) is 25.8. The summed E-state index contributed by atoms with van der Waals surface area (Å²) in [5.74, 6) is -0.299. The molecule has 15 aromatic rings. The third-order valence-electron chi connectivity index (χ3n) is 18.4. The molecule has 2 aliphatic rings. The largest absolute Gasteiger partial charge is 0.455 e. The molecule has 0 unspecified atom stereocenters. The molecular weight excluding hydrogens is 1070 g/mol. The SMILES string of the molecule is Cc1ccc(N(c2ccc(-c3ccccc3)cc2-c2ccccc2)c2cc3c(c4oc5ccccc5c24)-c2c(cc(N(c4ccc(F)cc4)c4ccc(-c5ccccc5)cc4-c4ccccc4)c4ccccc24)C32c3ccccc3-c3ccccc32)cc1. The van der Waals surface area contributed by atoms with Gasteiger partial charge in [-0.15, -0.1) is 0 Å². The monoisotopic (exact) mass is 1130 g/mol. The number of hydrogen-bond donors (Lipinski definition) is 0. The van der Waals surface area contributed by atoms with E-state index in [9.17, 15) is 0 Å². The number of hydrogen-bond acceptors (Lipinski definition) is 3. The van der Waals surface area contributed by atoms with E-state index in [0.717, 1.165) is 134 Å². The molecular formula is C84H55FN2O. The lowest BCUT2D eigenvalue weighted by Gasteiger charge is -2.34. The van der Waals surface area contributed by atoms with Crippen molar-refractivity contribution in [3.05, 3.63) is 349 Å². The van der Waals surface area contributed by atoms with Crippen molar-refractivity contribution >= 4 is 66.8 Å². The van der Waals surface area contributed by atoms with Crippen molar-refractivity contribution in [1.82, 2.24) is 0 Å². The average Bonchev–Trinajstić information content (AvgIpc) is 1.49. The number of anilines is 6. The zero-order chi connectivity index (χ0) is 58.5. The topological polar surface area (TPSA) is 19.6 Å². The molecule has 0 saturated carbocycles. The Morgan fingerprint density at radius 3 is 1.30 bits per heavy atom. The first-order valence-corrected chi connectivity index (χ1v) is 30.2. The van der Waals surface area contributed by atoms with Crippen LogP contribution in [0.3, 0.4) is 0 Å². The zero-order valence-electron chi connectivity index (χ0n) is 48.2. The highest BCUT2D eigenvalue weighted by Crippen LogP contribution is 2.68. The Hall–Kier alpha value is -11.3. The maximum atomic E-state index is 15.5. The van der Waals surface area contributed by atoms with Crippen LogP contribution in [0.2, 0.25) is 0 Å². The highest BCUT2D eigenvalue weighted by atomic mass is 19.1. The molecule has 0 fully saturated rings. The minimum atomic E-state index is -0.884. The van der Waals surface area contributed by atoms with Crippen molar-refractivity contribution in [2.45, 2.75) is 12.3 Å². The van der Waals surface area contributed by atoms with Crippen molar-refractivity contribution in [1.29, 1.82) is 0 Å². The van der Waals surface area contributed by atoms with Crippen LogP contribution in [0.25, 0.3) is 99.5 Å². The van der Waals surface area contributed by atoms with Gasteiger partial charge in [-0.1, -0.05) is 242 Å². The number of benzene rings is 14. The molecule has 14 aromatic carbocycles. The Morgan fingerprint density at radius 1 is 0.307 bits per heavy atom. The second kappa shape index (κ2) is 20.4. The molecule has 3 nitrogen and oxygen atoms in total. The first kappa shape index (κ1) is 51.1. The summed E-state index contributed by atoms with van der Waals surface area (Å²) >= 11 is 0. The number of fused-ring (bicyclic) bond motifs is 16. The number of para-hydroxylation sites is 1. The summed E-state index contributed by atoms with van der Waals surface area (Å²) in [5, 5.41) is 4.17. The van der Waals surface area contributed by atoms with Crippen LogP contribution in [0.5, 0.6) is 0 Å². The number of rotatable bonds is 10. The molecule has 0 N–H and O–H groups in total. The Balaban J connectivity index is 1.02. The molecule has 0 bridgehead atoms. The van der Waals surface area contributed by atoms with Crippen LogP contribution < -0.4 is 9.80 Å². The molecule has 1 aromatic heterocycles. The van der Waals surface area contributed by atoms with Crippen LogP contribution in [0.4, 0.5) is 38.5 Å². The number of aryl methyl sites for hydroxylation is 1. The Labute approximate surface area is 510 Å². The zero-order valence-corrected chi connectivity index (χ0v) is 48.2. The van der Waals surface area contributed by atoms with Gasteiger partial charge < -0.3 is 14.2 Å². The van der Waals surface area contributed by atoms with Crippen LogP contribution in [0, 0.1) is 12.7 Å². The van der Waals surface area contributed by atoms with E-state index in [0.29, 0.717) is 0 Å². The van der Waals surface area contributed by atoms with Crippen molar-refractivity contribution in [2.75, 3.05) is 9.80 Å². The number of halogens is 1. The molecule has 4 heteroatoms. The van der Waals surface area contributed by atoms with Gasteiger partial charge in [0.15, 0.2) is 0 Å². The summed E-state index contributed by atoms with van der Waals surface area (Å²) in [6.45, 7) is 2.16. The van der Waals surface area contributed by atoms with Gasteiger partial charge in [0, 0.05) is 38.8 Å². The lowest BCUT2D eigenvalue weighted by Crippen LogP contribution is -2.27. The van der Waals surface area contributed by atoms with Crippen molar-refractivity contribution in [3.8, 4) is 66.8 Å². The Morgan fingerprint density at radius 2 is 0.739 bits per heavy atom. The van der Waals surface area contributed by atoms with Gasteiger partial charge in [0.2, 0.25) is 0 Å². The molecule has 0 saturated heterocycles. The first-order chi connectivity index (χ1) is 43.5. The second-order valence-corrected chi connectivity index (χ2v) is 23.2. The summed E-state index contributed by atoms with van der Waals surface area (Å²) < 4.78 is 23.1. The van der Waals surface area contributed by atoms with Gasteiger partial charge in [0.1, 0.15) is 17.0 Å². The maximum absolute atomic E-state index is 15.5.